The first kappa shape index (κ1) is 20.4. The van der Waals surface area contributed by atoms with Gasteiger partial charge in [0.2, 0.25) is 10.0 Å². The smallest absolute Gasteiger partial charge is 0.262 e. The maximum atomic E-state index is 12.7. The second-order valence-electron chi connectivity index (χ2n) is 6.63. The summed E-state index contributed by atoms with van der Waals surface area (Å²) in [5, 5.41) is 0. The van der Waals surface area contributed by atoms with Crippen LogP contribution in [0.1, 0.15) is 30.5 Å². The van der Waals surface area contributed by atoms with Crippen LogP contribution in [0.5, 0.6) is 0 Å². The summed E-state index contributed by atoms with van der Waals surface area (Å²) in [6, 6.07) is 9.01. The molecule has 142 valence electrons. The van der Waals surface area contributed by atoms with Crippen molar-refractivity contribution in [2.24, 2.45) is 0 Å². The molecule has 0 saturated carbocycles. The second-order valence-corrected chi connectivity index (χ2v) is 9.97. The van der Waals surface area contributed by atoms with Crippen LogP contribution in [0.25, 0.3) is 0 Å². The molecular formula is C18H24N2O4S2. The van der Waals surface area contributed by atoms with E-state index in [9.17, 15) is 16.8 Å². The largest absolute Gasteiger partial charge is 0.280 e. The number of sulfonamides is 2. The van der Waals surface area contributed by atoms with Gasteiger partial charge in [0.1, 0.15) is 0 Å². The molecule has 0 unspecified atom stereocenters. The van der Waals surface area contributed by atoms with Crippen LogP contribution in [0.2, 0.25) is 0 Å². The van der Waals surface area contributed by atoms with Crippen LogP contribution in [0.3, 0.4) is 0 Å². The molecule has 0 aliphatic carbocycles. The number of hydrogen-bond donors (Lipinski definition) is 2. The molecule has 2 rings (SSSR count). The van der Waals surface area contributed by atoms with Gasteiger partial charge in [-0.25, -0.2) is 21.6 Å². The van der Waals surface area contributed by atoms with Crippen molar-refractivity contribution in [2.45, 2.75) is 50.5 Å². The summed E-state index contributed by atoms with van der Waals surface area (Å²) in [6.45, 7) is 8.87. The zero-order chi connectivity index (χ0) is 19.7. The van der Waals surface area contributed by atoms with Gasteiger partial charge in [-0.15, -0.1) is 0 Å². The summed E-state index contributed by atoms with van der Waals surface area (Å²) in [4.78, 5) is 0.318. The van der Waals surface area contributed by atoms with Crippen molar-refractivity contribution in [2.75, 3.05) is 4.72 Å². The predicted octanol–water partition coefficient (Wildman–Crippen LogP) is 3.10. The molecule has 8 heteroatoms. The number of hydrogen-bond acceptors (Lipinski definition) is 4. The third-order valence-corrected chi connectivity index (χ3v) is 7.04. The van der Waals surface area contributed by atoms with Crippen LogP contribution in [0, 0.1) is 20.8 Å². The Balaban J connectivity index is 2.32. The van der Waals surface area contributed by atoms with Crippen molar-refractivity contribution in [3.63, 3.8) is 0 Å². The molecule has 0 aromatic heterocycles. The lowest BCUT2D eigenvalue weighted by Crippen LogP contribution is -2.30. The first-order valence-corrected chi connectivity index (χ1v) is 11.1. The molecule has 0 amide bonds. The van der Waals surface area contributed by atoms with Gasteiger partial charge in [0.25, 0.3) is 10.0 Å². The first-order valence-electron chi connectivity index (χ1n) is 8.15. The summed E-state index contributed by atoms with van der Waals surface area (Å²) in [6.07, 6.45) is 0. The molecule has 2 N–H and O–H groups in total. The van der Waals surface area contributed by atoms with Gasteiger partial charge < -0.3 is 0 Å². The standard InChI is InChI=1S/C18H24N2O4S2/c1-12(2)19-25(21,22)17-8-6-16(7-9-17)20-26(23,24)18-14(4)10-13(3)11-15(18)5/h6-12,19-20H,1-5H3. The number of rotatable bonds is 6. The highest BCUT2D eigenvalue weighted by molar-refractivity contribution is 7.92. The van der Waals surface area contributed by atoms with E-state index in [1.165, 1.54) is 24.3 Å². The van der Waals surface area contributed by atoms with Gasteiger partial charge in [-0.05, 0) is 70.0 Å². The van der Waals surface area contributed by atoms with Gasteiger partial charge in [-0.1, -0.05) is 17.7 Å². The van der Waals surface area contributed by atoms with E-state index in [1.54, 1.807) is 27.7 Å². The molecular weight excluding hydrogens is 372 g/mol. The number of benzene rings is 2. The van der Waals surface area contributed by atoms with E-state index in [2.05, 4.69) is 9.44 Å². The topological polar surface area (TPSA) is 92.3 Å². The third-order valence-electron chi connectivity index (χ3n) is 3.68. The fourth-order valence-corrected chi connectivity index (χ4v) is 5.64. The summed E-state index contributed by atoms with van der Waals surface area (Å²) < 4.78 is 54.7. The Morgan fingerprint density at radius 2 is 1.31 bits per heavy atom. The Bertz CT molecular complexity index is 987. The van der Waals surface area contributed by atoms with Crippen molar-refractivity contribution in [1.82, 2.24) is 4.72 Å². The zero-order valence-corrected chi connectivity index (χ0v) is 17.1. The van der Waals surface area contributed by atoms with E-state index < -0.39 is 20.0 Å². The van der Waals surface area contributed by atoms with Gasteiger partial charge in [0, 0.05) is 11.7 Å². The highest BCUT2D eigenvalue weighted by Crippen LogP contribution is 2.25. The van der Waals surface area contributed by atoms with Crippen molar-refractivity contribution in [1.29, 1.82) is 0 Å². The van der Waals surface area contributed by atoms with Gasteiger partial charge in [-0.3, -0.25) is 4.72 Å². The minimum atomic E-state index is -3.77. The van der Waals surface area contributed by atoms with Crippen molar-refractivity contribution < 1.29 is 16.8 Å². The van der Waals surface area contributed by atoms with Crippen molar-refractivity contribution in [3.05, 3.63) is 53.1 Å². The monoisotopic (exact) mass is 396 g/mol. The van der Waals surface area contributed by atoms with Crippen LogP contribution in [-0.4, -0.2) is 22.9 Å². The van der Waals surface area contributed by atoms with Crippen LogP contribution >= 0.6 is 0 Å². The second kappa shape index (κ2) is 7.38. The van der Waals surface area contributed by atoms with E-state index in [1.807, 2.05) is 19.1 Å². The Hall–Kier alpha value is -1.90. The van der Waals surface area contributed by atoms with Crippen LogP contribution in [0.15, 0.2) is 46.2 Å². The van der Waals surface area contributed by atoms with E-state index in [4.69, 9.17) is 0 Å². The molecule has 0 atom stereocenters. The summed E-state index contributed by atoms with van der Waals surface area (Å²) in [5.41, 5.74) is 2.62. The van der Waals surface area contributed by atoms with Gasteiger partial charge in [-0.2, -0.15) is 0 Å². The van der Waals surface area contributed by atoms with Crippen molar-refractivity contribution >= 4 is 25.7 Å². The number of nitrogens with one attached hydrogen (secondary N) is 2. The Morgan fingerprint density at radius 3 is 1.77 bits per heavy atom. The van der Waals surface area contributed by atoms with Gasteiger partial charge in [0.05, 0.1) is 9.79 Å². The molecule has 0 aliphatic heterocycles. The van der Waals surface area contributed by atoms with Gasteiger partial charge >= 0.3 is 0 Å². The maximum Gasteiger partial charge on any atom is 0.262 e. The van der Waals surface area contributed by atoms with E-state index >= 15 is 0 Å². The minimum Gasteiger partial charge on any atom is -0.280 e. The lowest BCUT2D eigenvalue weighted by atomic mass is 10.1. The fraction of sp³-hybridized carbons (Fsp3) is 0.333. The van der Waals surface area contributed by atoms with E-state index in [0.29, 0.717) is 16.8 Å². The average molecular weight is 397 g/mol. The molecule has 0 radical (unpaired) electrons. The highest BCUT2D eigenvalue weighted by atomic mass is 32.2. The zero-order valence-electron chi connectivity index (χ0n) is 15.5. The highest BCUT2D eigenvalue weighted by Gasteiger charge is 2.21. The third kappa shape index (κ3) is 4.63. The average Bonchev–Trinajstić information content (AvgIpc) is 2.44. The summed E-state index contributed by atoms with van der Waals surface area (Å²) in [7, 11) is -7.39. The molecule has 2 aromatic carbocycles. The molecule has 0 aliphatic rings. The molecule has 26 heavy (non-hydrogen) atoms. The van der Waals surface area contributed by atoms with Crippen molar-refractivity contribution in [3.8, 4) is 0 Å². The molecule has 0 bridgehead atoms. The molecule has 0 spiro atoms. The maximum absolute atomic E-state index is 12.7. The number of aryl methyl sites for hydroxylation is 3. The molecule has 6 nitrogen and oxygen atoms in total. The summed E-state index contributed by atoms with van der Waals surface area (Å²) in [5.74, 6) is 0. The molecule has 0 fully saturated rings. The predicted molar refractivity (Wildman–Crippen MR) is 103 cm³/mol. The van der Waals surface area contributed by atoms with Gasteiger partial charge in [0.15, 0.2) is 0 Å². The quantitative estimate of drug-likeness (QED) is 0.785. The number of anilines is 1. The molecule has 0 saturated heterocycles. The summed E-state index contributed by atoms with van der Waals surface area (Å²) >= 11 is 0. The van der Waals surface area contributed by atoms with Crippen LogP contribution in [0.4, 0.5) is 5.69 Å². The van der Waals surface area contributed by atoms with Crippen LogP contribution in [-0.2, 0) is 20.0 Å². The fourth-order valence-electron chi connectivity index (χ4n) is 2.88. The first-order chi connectivity index (χ1) is 11.9. The Labute approximate surface area is 155 Å². The lowest BCUT2D eigenvalue weighted by molar-refractivity contribution is 0.570. The van der Waals surface area contributed by atoms with E-state index in [-0.39, 0.29) is 15.8 Å². The SMILES string of the molecule is Cc1cc(C)c(S(=O)(=O)Nc2ccc(S(=O)(=O)NC(C)C)cc2)c(C)c1. The van der Waals surface area contributed by atoms with Crippen LogP contribution < -0.4 is 9.44 Å². The normalized spacial score (nSPS) is 12.4. The Kier molecular flexibility index (Phi) is 5.79. The van der Waals surface area contributed by atoms with E-state index in [0.717, 1.165) is 5.56 Å². The lowest BCUT2D eigenvalue weighted by Gasteiger charge is -2.14. The Morgan fingerprint density at radius 1 is 0.808 bits per heavy atom. The molecule has 2 aromatic rings. The molecule has 0 heterocycles. The minimum absolute atomic E-state index is 0.0804.